The zero-order valence-corrected chi connectivity index (χ0v) is 8.94. The van der Waals surface area contributed by atoms with Gasteiger partial charge in [0.1, 0.15) is 10.7 Å². The number of nitrogen functional groups attached to an aromatic ring is 1. The largest absolute Gasteiger partial charge is 0.383 e. The first-order chi connectivity index (χ1) is 7.67. The number of aromatic nitrogens is 2. The number of H-pyrrole nitrogens is 1. The molecule has 4 N–H and O–H groups in total. The van der Waals surface area contributed by atoms with Crippen molar-refractivity contribution in [3.8, 4) is 0 Å². The lowest BCUT2D eigenvalue weighted by Gasteiger charge is -2.15. The number of rotatable bonds is 5. The van der Waals surface area contributed by atoms with Crippen molar-refractivity contribution in [1.82, 2.24) is 14.9 Å². The lowest BCUT2D eigenvalue weighted by atomic mass is 10.4. The van der Waals surface area contributed by atoms with Crippen LogP contribution in [0.1, 0.15) is 0 Å². The maximum atomic E-state index is 12.5. The van der Waals surface area contributed by atoms with Crippen molar-refractivity contribution < 1.29 is 26.0 Å². The molecular formula is C6H8F4N4O2S. The highest BCUT2D eigenvalue weighted by Gasteiger charge is 2.41. The fourth-order valence-electron chi connectivity index (χ4n) is 0.845. The molecule has 6 nitrogen and oxygen atoms in total. The number of halogens is 4. The van der Waals surface area contributed by atoms with Crippen LogP contribution in [0.5, 0.6) is 0 Å². The van der Waals surface area contributed by atoms with Crippen LogP contribution in [0.3, 0.4) is 0 Å². The minimum absolute atomic E-state index is 0.377. The van der Waals surface area contributed by atoms with Crippen LogP contribution in [0.4, 0.5) is 23.4 Å². The van der Waals surface area contributed by atoms with E-state index in [1.807, 2.05) is 0 Å². The molecule has 0 fully saturated rings. The Hall–Kier alpha value is -1.36. The van der Waals surface area contributed by atoms with Gasteiger partial charge in [-0.05, 0) is 0 Å². The topological polar surface area (TPSA) is 101 Å². The summed E-state index contributed by atoms with van der Waals surface area (Å²) in [6.45, 7) is -1.72. The molecule has 0 aliphatic heterocycles. The maximum Gasteiger partial charge on any atom is 0.320 e. The third-order valence-electron chi connectivity index (χ3n) is 1.74. The molecule has 0 spiro atoms. The molecule has 1 rings (SSSR count). The summed E-state index contributed by atoms with van der Waals surface area (Å²) in [6, 6.07) is 0. The fourth-order valence-corrected chi connectivity index (χ4v) is 1.91. The fraction of sp³-hybridized carbons (Fsp3) is 0.500. The summed E-state index contributed by atoms with van der Waals surface area (Å²) in [5, 5.41) is 5.33. The minimum atomic E-state index is -4.45. The molecule has 0 saturated heterocycles. The molecular weight excluding hydrogens is 268 g/mol. The first kappa shape index (κ1) is 13.7. The van der Waals surface area contributed by atoms with E-state index in [1.165, 1.54) is 4.72 Å². The highest BCUT2D eigenvalue weighted by molar-refractivity contribution is 7.89. The monoisotopic (exact) mass is 276 g/mol. The Bertz CT molecular complexity index is 486. The van der Waals surface area contributed by atoms with E-state index in [-0.39, 0.29) is 5.82 Å². The van der Waals surface area contributed by atoms with Gasteiger partial charge in [0.05, 0.1) is 12.7 Å². The summed E-state index contributed by atoms with van der Waals surface area (Å²) in [6.07, 6.45) is -3.19. The van der Waals surface area contributed by atoms with Gasteiger partial charge in [-0.15, -0.1) is 0 Å². The Labute approximate surface area is 93.2 Å². The Morgan fingerprint density at radius 3 is 2.53 bits per heavy atom. The van der Waals surface area contributed by atoms with E-state index in [0.29, 0.717) is 0 Å². The van der Waals surface area contributed by atoms with E-state index in [0.717, 1.165) is 6.20 Å². The highest BCUT2D eigenvalue weighted by atomic mass is 32.2. The number of hydrogen-bond acceptors (Lipinski definition) is 4. The SMILES string of the molecule is Nc1[nH]ncc1S(=O)(=O)NCC(F)(F)C(F)F. The maximum absolute atomic E-state index is 12.5. The van der Waals surface area contributed by atoms with Gasteiger partial charge in [0.2, 0.25) is 10.0 Å². The van der Waals surface area contributed by atoms with Crippen LogP contribution in [-0.2, 0) is 10.0 Å². The molecule has 98 valence electrons. The van der Waals surface area contributed by atoms with Crippen LogP contribution in [0.2, 0.25) is 0 Å². The van der Waals surface area contributed by atoms with Crippen molar-refractivity contribution in [2.45, 2.75) is 17.2 Å². The smallest absolute Gasteiger partial charge is 0.320 e. The first-order valence-corrected chi connectivity index (χ1v) is 5.59. The number of sulfonamides is 1. The molecule has 0 atom stereocenters. The molecule has 0 unspecified atom stereocenters. The van der Waals surface area contributed by atoms with Crippen molar-refractivity contribution in [3.63, 3.8) is 0 Å². The zero-order valence-electron chi connectivity index (χ0n) is 8.12. The lowest BCUT2D eigenvalue weighted by Crippen LogP contribution is -2.41. The molecule has 17 heavy (non-hydrogen) atoms. The first-order valence-electron chi connectivity index (χ1n) is 4.11. The van der Waals surface area contributed by atoms with Crippen LogP contribution < -0.4 is 10.5 Å². The number of aromatic amines is 1. The van der Waals surface area contributed by atoms with Crippen molar-refractivity contribution >= 4 is 15.8 Å². The predicted molar refractivity (Wildman–Crippen MR) is 49.1 cm³/mol. The van der Waals surface area contributed by atoms with Crippen molar-refractivity contribution in [2.24, 2.45) is 0 Å². The van der Waals surface area contributed by atoms with Crippen LogP contribution in [-0.4, -0.2) is 37.5 Å². The summed E-state index contributed by atoms with van der Waals surface area (Å²) in [5.74, 6) is -4.83. The standard InChI is InChI=1S/C6H8F4N4O2S/c7-5(8)6(9,10)2-13-17(15,16)3-1-12-14-4(3)11/h1,5,13H,2H2,(H3,11,12,14). The van der Waals surface area contributed by atoms with E-state index in [9.17, 15) is 26.0 Å². The second-order valence-corrected chi connectivity index (χ2v) is 4.77. The quantitative estimate of drug-likeness (QED) is 0.667. The third kappa shape index (κ3) is 3.06. The van der Waals surface area contributed by atoms with Gasteiger partial charge in [-0.25, -0.2) is 21.9 Å². The Morgan fingerprint density at radius 2 is 2.12 bits per heavy atom. The van der Waals surface area contributed by atoms with E-state index >= 15 is 0 Å². The van der Waals surface area contributed by atoms with Gasteiger partial charge >= 0.3 is 12.3 Å². The van der Waals surface area contributed by atoms with Crippen LogP contribution in [0, 0.1) is 0 Å². The van der Waals surface area contributed by atoms with Crippen molar-refractivity contribution in [2.75, 3.05) is 12.3 Å². The van der Waals surface area contributed by atoms with E-state index in [2.05, 4.69) is 10.2 Å². The molecule has 1 aromatic rings. The van der Waals surface area contributed by atoms with Gasteiger partial charge in [0, 0.05) is 0 Å². The van der Waals surface area contributed by atoms with Crippen LogP contribution >= 0.6 is 0 Å². The summed E-state index contributed by atoms with van der Waals surface area (Å²) in [4.78, 5) is -0.581. The molecule has 0 aromatic carbocycles. The summed E-state index contributed by atoms with van der Waals surface area (Å²) < 4.78 is 72.6. The number of hydrogen-bond donors (Lipinski definition) is 3. The molecule has 1 heterocycles. The molecule has 0 bridgehead atoms. The number of nitrogens with zero attached hydrogens (tertiary/aromatic N) is 1. The normalized spacial score (nSPS) is 13.2. The summed E-state index contributed by atoms with van der Waals surface area (Å²) in [7, 11) is -4.40. The number of anilines is 1. The molecule has 0 aliphatic rings. The number of nitrogens with two attached hydrogens (primary N) is 1. The van der Waals surface area contributed by atoms with Gasteiger partial charge in [-0.2, -0.15) is 13.9 Å². The molecule has 0 radical (unpaired) electrons. The zero-order chi connectivity index (χ0) is 13.3. The average molecular weight is 276 g/mol. The lowest BCUT2D eigenvalue weighted by molar-refractivity contribution is -0.122. The van der Waals surface area contributed by atoms with Crippen molar-refractivity contribution in [1.29, 1.82) is 0 Å². The van der Waals surface area contributed by atoms with E-state index < -0.39 is 33.8 Å². The van der Waals surface area contributed by atoms with Crippen LogP contribution in [0.25, 0.3) is 0 Å². The molecule has 0 amide bonds. The van der Waals surface area contributed by atoms with Gasteiger partial charge in [-0.3, -0.25) is 5.10 Å². The highest BCUT2D eigenvalue weighted by Crippen LogP contribution is 2.23. The molecule has 0 aliphatic carbocycles. The average Bonchev–Trinajstić information content (AvgIpc) is 2.62. The number of nitrogens with one attached hydrogen (secondary N) is 2. The van der Waals surface area contributed by atoms with E-state index in [4.69, 9.17) is 5.73 Å². The summed E-state index contributed by atoms with van der Waals surface area (Å²) in [5.41, 5.74) is 5.15. The number of alkyl halides is 4. The van der Waals surface area contributed by atoms with Gasteiger partial charge < -0.3 is 5.73 Å². The summed E-state index contributed by atoms with van der Waals surface area (Å²) >= 11 is 0. The molecule has 0 saturated carbocycles. The second kappa shape index (κ2) is 4.49. The Morgan fingerprint density at radius 1 is 1.53 bits per heavy atom. The van der Waals surface area contributed by atoms with Crippen molar-refractivity contribution in [3.05, 3.63) is 6.20 Å². The minimum Gasteiger partial charge on any atom is -0.383 e. The van der Waals surface area contributed by atoms with Gasteiger partial charge in [-0.1, -0.05) is 0 Å². The van der Waals surface area contributed by atoms with E-state index in [1.54, 1.807) is 0 Å². The third-order valence-corrected chi connectivity index (χ3v) is 3.17. The molecule has 11 heteroatoms. The van der Waals surface area contributed by atoms with Crippen LogP contribution in [0.15, 0.2) is 11.1 Å². The predicted octanol–water partition coefficient (Wildman–Crippen LogP) is 0.171. The second-order valence-electron chi connectivity index (χ2n) is 3.03. The van der Waals surface area contributed by atoms with Gasteiger partial charge in [0.25, 0.3) is 0 Å². The molecule has 1 aromatic heterocycles. The van der Waals surface area contributed by atoms with Gasteiger partial charge in [0.15, 0.2) is 0 Å². The Kier molecular flexibility index (Phi) is 3.62. The Balaban J connectivity index is 2.80.